The van der Waals surface area contributed by atoms with Crippen LogP contribution in [0.5, 0.6) is 0 Å². The van der Waals surface area contributed by atoms with Crippen LogP contribution >= 0.6 is 22.9 Å². The number of aromatic carboxylic acids is 1. The average Bonchev–Trinajstić information content (AvgIpc) is 2.88. The lowest BCUT2D eigenvalue weighted by Gasteiger charge is -1.98. The van der Waals surface area contributed by atoms with Crippen molar-refractivity contribution in [3.8, 4) is 0 Å². The minimum atomic E-state index is -1.09. The molecule has 17 heavy (non-hydrogen) atoms. The van der Waals surface area contributed by atoms with Gasteiger partial charge in [-0.1, -0.05) is 16.8 Å². The molecule has 2 rings (SSSR count). The smallest absolute Gasteiger partial charge is 0.358 e. The third-order valence-electron chi connectivity index (χ3n) is 2.01. The van der Waals surface area contributed by atoms with E-state index in [0.29, 0.717) is 18.8 Å². The van der Waals surface area contributed by atoms with Gasteiger partial charge >= 0.3 is 5.97 Å². The molecule has 0 spiro atoms. The molecule has 0 saturated heterocycles. The summed E-state index contributed by atoms with van der Waals surface area (Å²) in [6.45, 7) is 1.08. The van der Waals surface area contributed by atoms with Gasteiger partial charge in [-0.2, -0.15) is 0 Å². The fraction of sp³-hybridized carbons (Fsp3) is 0.200. The molecule has 0 amide bonds. The van der Waals surface area contributed by atoms with Crippen LogP contribution < -0.4 is 5.32 Å². The number of nitrogens with zero attached hydrogens (tertiary/aromatic N) is 1. The van der Waals surface area contributed by atoms with E-state index in [4.69, 9.17) is 21.2 Å². The number of halogens is 1. The van der Waals surface area contributed by atoms with E-state index in [2.05, 4.69) is 10.5 Å². The van der Waals surface area contributed by atoms with Gasteiger partial charge in [-0.3, -0.25) is 0 Å². The summed E-state index contributed by atoms with van der Waals surface area (Å²) in [5.74, 6) is -0.602. The van der Waals surface area contributed by atoms with Crippen LogP contribution in [-0.4, -0.2) is 16.2 Å². The van der Waals surface area contributed by atoms with Gasteiger partial charge < -0.3 is 14.9 Å². The highest BCUT2D eigenvalue weighted by Crippen LogP contribution is 2.21. The van der Waals surface area contributed by atoms with Gasteiger partial charge in [0, 0.05) is 17.5 Å². The Morgan fingerprint density at radius 2 is 2.35 bits per heavy atom. The summed E-state index contributed by atoms with van der Waals surface area (Å²) in [7, 11) is 0. The molecule has 0 radical (unpaired) electrons. The molecule has 2 heterocycles. The molecule has 2 aromatic heterocycles. The summed E-state index contributed by atoms with van der Waals surface area (Å²) in [6, 6.07) is 5.17. The summed E-state index contributed by atoms with van der Waals surface area (Å²) >= 11 is 7.29. The fourth-order valence-corrected chi connectivity index (χ4v) is 2.31. The van der Waals surface area contributed by atoms with Crippen molar-refractivity contribution in [2.75, 3.05) is 0 Å². The molecule has 0 aliphatic carbocycles. The minimum Gasteiger partial charge on any atom is -0.476 e. The quantitative estimate of drug-likeness (QED) is 0.874. The highest BCUT2D eigenvalue weighted by molar-refractivity contribution is 7.16. The molecule has 0 bridgehead atoms. The Bertz CT molecular complexity index is 523. The van der Waals surface area contributed by atoms with Gasteiger partial charge in [0.25, 0.3) is 0 Å². The Morgan fingerprint density at radius 1 is 1.53 bits per heavy atom. The summed E-state index contributed by atoms with van der Waals surface area (Å²) in [5.41, 5.74) is -0.0824. The second-order valence-electron chi connectivity index (χ2n) is 3.29. The molecule has 0 aliphatic rings. The van der Waals surface area contributed by atoms with E-state index in [1.807, 2.05) is 12.1 Å². The summed E-state index contributed by atoms with van der Waals surface area (Å²) in [4.78, 5) is 11.7. The number of rotatable bonds is 5. The van der Waals surface area contributed by atoms with Gasteiger partial charge in [0.2, 0.25) is 0 Å². The molecule has 0 saturated carbocycles. The van der Waals surface area contributed by atoms with Gasteiger partial charge in [0.05, 0.1) is 10.9 Å². The zero-order chi connectivity index (χ0) is 12.3. The molecule has 2 aromatic rings. The molecule has 2 N–H and O–H groups in total. The van der Waals surface area contributed by atoms with Crippen molar-refractivity contribution in [3.05, 3.63) is 38.9 Å². The SMILES string of the molecule is O=C(O)c1cc(CNCc2ccc(Cl)s2)on1. The van der Waals surface area contributed by atoms with E-state index in [1.165, 1.54) is 17.4 Å². The van der Waals surface area contributed by atoms with Gasteiger partial charge in [0.1, 0.15) is 0 Å². The molecule has 0 aromatic carbocycles. The van der Waals surface area contributed by atoms with Crippen molar-refractivity contribution >= 4 is 28.9 Å². The maximum atomic E-state index is 10.6. The zero-order valence-corrected chi connectivity index (χ0v) is 10.2. The van der Waals surface area contributed by atoms with Crippen molar-refractivity contribution in [1.82, 2.24) is 10.5 Å². The Hall–Kier alpha value is -1.37. The third kappa shape index (κ3) is 3.29. The summed E-state index contributed by atoms with van der Waals surface area (Å²) in [6.07, 6.45) is 0. The van der Waals surface area contributed by atoms with E-state index >= 15 is 0 Å². The van der Waals surface area contributed by atoms with E-state index in [9.17, 15) is 4.79 Å². The van der Waals surface area contributed by atoms with Crippen molar-refractivity contribution in [2.45, 2.75) is 13.1 Å². The number of hydrogen-bond donors (Lipinski definition) is 2. The molecular weight excluding hydrogens is 264 g/mol. The lowest BCUT2D eigenvalue weighted by Crippen LogP contribution is -2.11. The molecule has 90 valence electrons. The van der Waals surface area contributed by atoms with Gasteiger partial charge in [0.15, 0.2) is 11.5 Å². The zero-order valence-electron chi connectivity index (χ0n) is 8.64. The first-order valence-electron chi connectivity index (χ1n) is 4.79. The minimum absolute atomic E-state index is 0.0824. The topological polar surface area (TPSA) is 75.4 Å². The van der Waals surface area contributed by atoms with Crippen LogP contribution in [0.2, 0.25) is 4.34 Å². The van der Waals surface area contributed by atoms with Gasteiger partial charge in [-0.25, -0.2) is 4.79 Å². The maximum absolute atomic E-state index is 10.6. The first-order chi connectivity index (χ1) is 8.15. The molecule has 5 nitrogen and oxygen atoms in total. The number of carbonyl (C=O) groups is 1. The highest BCUT2D eigenvalue weighted by atomic mass is 35.5. The molecule has 7 heteroatoms. The van der Waals surface area contributed by atoms with Crippen molar-refractivity contribution in [2.24, 2.45) is 0 Å². The predicted octanol–water partition coefficient (Wildman–Crippen LogP) is 2.38. The Labute approximate surface area is 106 Å². The third-order valence-corrected chi connectivity index (χ3v) is 3.24. The number of thiophene rings is 1. The van der Waals surface area contributed by atoms with E-state index in [-0.39, 0.29) is 5.69 Å². The molecule has 0 fully saturated rings. The highest BCUT2D eigenvalue weighted by Gasteiger charge is 2.10. The van der Waals surface area contributed by atoms with E-state index < -0.39 is 5.97 Å². The van der Waals surface area contributed by atoms with Crippen molar-refractivity contribution in [3.63, 3.8) is 0 Å². The number of hydrogen-bond acceptors (Lipinski definition) is 5. The normalized spacial score (nSPS) is 10.6. The summed E-state index contributed by atoms with van der Waals surface area (Å²) in [5, 5.41) is 15.2. The number of carboxylic acid groups (broad SMARTS) is 1. The molecular formula is C10H9ClN2O3S. The Balaban J connectivity index is 1.83. The average molecular weight is 273 g/mol. The van der Waals surface area contributed by atoms with Gasteiger partial charge in [-0.05, 0) is 12.1 Å². The standard InChI is InChI=1S/C10H9ClN2O3S/c11-9-2-1-7(17-9)5-12-4-6-3-8(10(14)15)13-16-6/h1-3,12H,4-5H2,(H,14,15). The lowest BCUT2D eigenvalue weighted by atomic mass is 10.3. The second-order valence-corrected chi connectivity index (χ2v) is 5.09. The van der Waals surface area contributed by atoms with Crippen molar-refractivity contribution in [1.29, 1.82) is 0 Å². The van der Waals surface area contributed by atoms with Crippen LogP contribution in [0.25, 0.3) is 0 Å². The first-order valence-corrected chi connectivity index (χ1v) is 5.98. The van der Waals surface area contributed by atoms with Crippen LogP contribution in [0.3, 0.4) is 0 Å². The largest absolute Gasteiger partial charge is 0.476 e. The second kappa shape index (κ2) is 5.31. The monoisotopic (exact) mass is 272 g/mol. The van der Waals surface area contributed by atoms with E-state index in [1.54, 1.807) is 0 Å². The fourth-order valence-electron chi connectivity index (χ4n) is 1.25. The molecule has 0 atom stereocenters. The predicted molar refractivity (Wildman–Crippen MR) is 63.3 cm³/mol. The van der Waals surface area contributed by atoms with Crippen LogP contribution in [0.15, 0.2) is 22.7 Å². The Kier molecular flexibility index (Phi) is 3.78. The Morgan fingerprint density at radius 3 is 2.94 bits per heavy atom. The number of carboxylic acids is 1. The maximum Gasteiger partial charge on any atom is 0.358 e. The summed E-state index contributed by atoms with van der Waals surface area (Å²) < 4.78 is 5.60. The van der Waals surface area contributed by atoms with Crippen LogP contribution in [-0.2, 0) is 13.1 Å². The van der Waals surface area contributed by atoms with Crippen molar-refractivity contribution < 1.29 is 14.4 Å². The van der Waals surface area contributed by atoms with Crippen LogP contribution in [0.4, 0.5) is 0 Å². The van der Waals surface area contributed by atoms with Gasteiger partial charge in [-0.15, -0.1) is 11.3 Å². The first kappa shape index (κ1) is 12.1. The number of nitrogens with one attached hydrogen (secondary N) is 1. The lowest BCUT2D eigenvalue weighted by molar-refractivity contribution is 0.0685. The molecule has 0 unspecified atom stereocenters. The van der Waals surface area contributed by atoms with E-state index in [0.717, 1.165) is 9.21 Å². The van der Waals surface area contributed by atoms with Crippen LogP contribution in [0, 0.1) is 0 Å². The number of aromatic nitrogens is 1. The van der Waals surface area contributed by atoms with Crippen LogP contribution in [0.1, 0.15) is 21.1 Å². The molecule has 0 aliphatic heterocycles.